The third-order valence-corrected chi connectivity index (χ3v) is 5.38. The fourth-order valence-electron chi connectivity index (χ4n) is 3.93. The van der Waals surface area contributed by atoms with Crippen LogP contribution in [0.4, 0.5) is 0 Å². The van der Waals surface area contributed by atoms with E-state index >= 15 is 0 Å². The van der Waals surface area contributed by atoms with E-state index in [9.17, 15) is 4.79 Å². The van der Waals surface area contributed by atoms with E-state index in [0.29, 0.717) is 13.1 Å². The number of carbonyl (C=O) groups is 1. The number of furan rings is 1. The number of carbonyl (C=O) groups excluding carboxylic acids is 1. The van der Waals surface area contributed by atoms with Gasteiger partial charge in [0, 0.05) is 46.0 Å². The Labute approximate surface area is 161 Å². The second-order valence-electron chi connectivity index (χ2n) is 7.54. The highest BCUT2D eigenvalue weighted by atomic mass is 16.3. The Kier molecular flexibility index (Phi) is 6.04. The number of nitrogens with zero attached hydrogens (tertiary/aromatic N) is 2. The van der Waals surface area contributed by atoms with E-state index in [1.807, 2.05) is 32.3 Å². The highest BCUT2D eigenvalue weighted by Gasteiger charge is 2.42. The highest BCUT2D eigenvalue weighted by Crippen LogP contribution is 2.38. The zero-order chi connectivity index (χ0) is 19.3. The third-order valence-electron chi connectivity index (χ3n) is 5.38. The second kappa shape index (κ2) is 8.46. The van der Waals surface area contributed by atoms with Crippen molar-refractivity contribution >= 4 is 22.8 Å². The van der Waals surface area contributed by atoms with Gasteiger partial charge in [-0.05, 0) is 25.0 Å². The van der Waals surface area contributed by atoms with Crippen LogP contribution in [0.1, 0.15) is 31.4 Å². The molecular weight excluding hydrogens is 340 g/mol. The van der Waals surface area contributed by atoms with Gasteiger partial charge in [-0.15, -0.1) is 0 Å². The van der Waals surface area contributed by atoms with Gasteiger partial charge in [0.25, 0.3) is 0 Å². The van der Waals surface area contributed by atoms with E-state index in [-0.39, 0.29) is 11.3 Å². The Bertz CT molecular complexity index is 770. The lowest BCUT2D eigenvalue weighted by molar-refractivity contribution is -0.138. The van der Waals surface area contributed by atoms with Crippen molar-refractivity contribution in [2.75, 3.05) is 34.2 Å². The van der Waals surface area contributed by atoms with Crippen LogP contribution in [0.5, 0.6) is 0 Å². The Morgan fingerprint density at radius 2 is 1.96 bits per heavy atom. The van der Waals surface area contributed by atoms with Gasteiger partial charge >= 0.3 is 0 Å². The summed E-state index contributed by atoms with van der Waals surface area (Å²) in [6, 6.07) is 10.1. The average Bonchev–Trinajstić information content (AvgIpc) is 3.31. The summed E-state index contributed by atoms with van der Waals surface area (Å²) in [5.74, 6) is 1.89. The first-order chi connectivity index (χ1) is 13.0. The topological polar surface area (TPSA) is 69.9 Å². The monoisotopic (exact) mass is 370 g/mol. The predicted molar refractivity (Wildman–Crippen MR) is 109 cm³/mol. The van der Waals surface area contributed by atoms with Crippen molar-refractivity contribution < 1.29 is 9.21 Å². The van der Waals surface area contributed by atoms with Gasteiger partial charge in [-0.3, -0.25) is 9.79 Å². The number of benzene rings is 1. The fourth-order valence-corrected chi connectivity index (χ4v) is 3.93. The normalized spacial score (nSPS) is 16.5. The van der Waals surface area contributed by atoms with Gasteiger partial charge in [-0.2, -0.15) is 0 Å². The molecule has 0 bridgehead atoms. The van der Waals surface area contributed by atoms with Crippen LogP contribution in [0.3, 0.4) is 0 Å². The Balaban J connectivity index is 1.52. The lowest BCUT2D eigenvalue weighted by atomic mass is 9.84. The molecule has 0 aliphatic heterocycles. The van der Waals surface area contributed by atoms with Crippen molar-refractivity contribution in [1.82, 2.24) is 15.5 Å². The number of hydrogen-bond acceptors (Lipinski definition) is 3. The maximum Gasteiger partial charge on any atom is 0.230 e. The molecule has 6 nitrogen and oxygen atoms in total. The number of para-hydroxylation sites is 1. The summed E-state index contributed by atoms with van der Waals surface area (Å²) < 4.78 is 5.85. The van der Waals surface area contributed by atoms with Crippen LogP contribution in [0.25, 0.3) is 11.0 Å². The molecule has 0 spiro atoms. The molecule has 2 N–H and O–H groups in total. The van der Waals surface area contributed by atoms with Crippen LogP contribution in [-0.4, -0.2) is 51.0 Å². The summed E-state index contributed by atoms with van der Waals surface area (Å²) in [5.41, 5.74) is 0.611. The van der Waals surface area contributed by atoms with Crippen molar-refractivity contribution in [3.05, 3.63) is 36.1 Å². The van der Waals surface area contributed by atoms with Crippen LogP contribution in [-0.2, 0) is 11.2 Å². The molecule has 1 aliphatic rings. The van der Waals surface area contributed by atoms with Gasteiger partial charge in [-0.25, -0.2) is 0 Å². The molecular formula is C21H30N4O2. The van der Waals surface area contributed by atoms with Crippen molar-refractivity contribution in [2.24, 2.45) is 10.4 Å². The number of guanidine groups is 1. The Hall–Kier alpha value is -2.50. The van der Waals surface area contributed by atoms with Crippen molar-refractivity contribution in [1.29, 1.82) is 0 Å². The first-order valence-electron chi connectivity index (χ1n) is 9.68. The van der Waals surface area contributed by atoms with E-state index in [1.54, 1.807) is 11.9 Å². The van der Waals surface area contributed by atoms with Gasteiger partial charge in [0.2, 0.25) is 5.91 Å². The SMILES string of the molecule is CN=C(NCCc1cc2ccccc2o1)NCC1(C(=O)N(C)C)CCCC1. The second-order valence-corrected chi connectivity index (χ2v) is 7.54. The molecule has 1 fully saturated rings. The predicted octanol–water partition coefficient (Wildman–Crippen LogP) is 2.79. The summed E-state index contributed by atoms with van der Waals surface area (Å²) >= 11 is 0. The van der Waals surface area contributed by atoms with Crippen LogP contribution in [0.2, 0.25) is 0 Å². The van der Waals surface area contributed by atoms with E-state index in [0.717, 1.165) is 54.8 Å². The maximum absolute atomic E-state index is 12.7. The van der Waals surface area contributed by atoms with E-state index in [2.05, 4.69) is 27.8 Å². The molecule has 3 rings (SSSR count). The minimum absolute atomic E-state index is 0.213. The number of fused-ring (bicyclic) bond motifs is 1. The molecule has 1 aromatic heterocycles. The van der Waals surface area contributed by atoms with Crippen LogP contribution in [0, 0.1) is 5.41 Å². The van der Waals surface area contributed by atoms with E-state index in [4.69, 9.17) is 4.42 Å². The Morgan fingerprint density at radius 3 is 2.63 bits per heavy atom. The first kappa shape index (κ1) is 19.3. The molecule has 146 valence electrons. The Morgan fingerprint density at radius 1 is 1.22 bits per heavy atom. The van der Waals surface area contributed by atoms with Crippen molar-refractivity contribution in [3.8, 4) is 0 Å². The summed E-state index contributed by atoms with van der Waals surface area (Å²) in [5, 5.41) is 7.81. The molecule has 1 amide bonds. The van der Waals surface area contributed by atoms with Gasteiger partial charge in [0.05, 0.1) is 5.41 Å². The molecule has 0 atom stereocenters. The molecule has 6 heteroatoms. The first-order valence-corrected chi connectivity index (χ1v) is 9.68. The van der Waals surface area contributed by atoms with Gasteiger partial charge < -0.3 is 20.0 Å². The molecule has 0 saturated heterocycles. The summed E-state index contributed by atoms with van der Waals surface area (Å²) in [6.45, 7) is 1.34. The zero-order valence-electron chi connectivity index (χ0n) is 16.5. The molecule has 0 radical (unpaired) electrons. The molecule has 1 saturated carbocycles. The minimum Gasteiger partial charge on any atom is -0.461 e. The lowest BCUT2D eigenvalue weighted by Gasteiger charge is -2.31. The summed E-state index contributed by atoms with van der Waals surface area (Å²) in [4.78, 5) is 18.7. The van der Waals surface area contributed by atoms with Gasteiger partial charge in [-0.1, -0.05) is 31.0 Å². The minimum atomic E-state index is -0.306. The van der Waals surface area contributed by atoms with E-state index in [1.165, 1.54) is 0 Å². The number of nitrogens with one attached hydrogen (secondary N) is 2. The van der Waals surface area contributed by atoms with Crippen LogP contribution < -0.4 is 10.6 Å². The number of amides is 1. The largest absolute Gasteiger partial charge is 0.461 e. The number of aliphatic imine (C=N–C) groups is 1. The molecule has 27 heavy (non-hydrogen) atoms. The molecule has 0 unspecified atom stereocenters. The standard InChI is InChI=1S/C21H30N4O2/c1-22-20(24-15-21(11-6-7-12-21)19(26)25(2)3)23-13-10-17-14-16-8-4-5-9-18(16)27-17/h4-5,8-9,14H,6-7,10-13,15H2,1-3H3,(H2,22,23,24). The fraction of sp³-hybridized carbons (Fsp3) is 0.524. The third kappa shape index (κ3) is 4.43. The van der Waals surface area contributed by atoms with E-state index < -0.39 is 0 Å². The highest BCUT2D eigenvalue weighted by molar-refractivity contribution is 5.85. The van der Waals surface area contributed by atoms with Crippen molar-refractivity contribution in [2.45, 2.75) is 32.1 Å². The summed E-state index contributed by atoms with van der Waals surface area (Å²) in [6.07, 6.45) is 4.87. The van der Waals surface area contributed by atoms with Gasteiger partial charge in [0.1, 0.15) is 11.3 Å². The number of rotatable bonds is 6. The van der Waals surface area contributed by atoms with Crippen LogP contribution in [0.15, 0.2) is 39.7 Å². The maximum atomic E-state index is 12.7. The molecule has 2 aromatic rings. The molecule has 1 aliphatic carbocycles. The smallest absolute Gasteiger partial charge is 0.230 e. The quantitative estimate of drug-likeness (QED) is 0.606. The molecule has 1 aromatic carbocycles. The van der Waals surface area contributed by atoms with Crippen molar-refractivity contribution in [3.63, 3.8) is 0 Å². The van der Waals surface area contributed by atoms with Crippen LogP contribution >= 0.6 is 0 Å². The summed E-state index contributed by atoms with van der Waals surface area (Å²) in [7, 11) is 5.43. The molecule has 1 heterocycles. The zero-order valence-corrected chi connectivity index (χ0v) is 16.5. The average molecular weight is 370 g/mol. The lowest BCUT2D eigenvalue weighted by Crippen LogP contribution is -2.49. The number of hydrogen-bond donors (Lipinski definition) is 2. The van der Waals surface area contributed by atoms with Gasteiger partial charge in [0.15, 0.2) is 5.96 Å².